The van der Waals surface area contributed by atoms with Gasteiger partial charge in [0.2, 0.25) is 5.91 Å². The summed E-state index contributed by atoms with van der Waals surface area (Å²) in [5.74, 6) is -0.116. The topological polar surface area (TPSA) is 80.4 Å². The van der Waals surface area contributed by atoms with E-state index in [0.29, 0.717) is 25.1 Å². The largest absolute Gasteiger partial charge is 0.419 e. The Balaban J connectivity index is 1.58. The number of likely N-dealkylation sites (tertiary alicyclic amines) is 1. The first-order valence-corrected chi connectivity index (χ1v) is 9.91. The highest BCUT2D eigenvalue weighted by molar-refractivity contribution is 5.81. The van der Waals surface area contributed by atoms with E-state index < -0.39 is 42.4 Å². The first-order valence-electron chi connectivity index (χ1n) is 9.91. The SMILES string of the molecule is Cc1ccc(Cn2nc3n(c2=O)[C@H](C(=O)N2CC[C@@](O)(C(F)(F)F)C2)CCC3)cc1. The molecule has 3 heterocycles. The standard InChI is InChI=1S/C20H23F3N4O3/c1-13-5-7-14(8-6-13)11-26-18(29)27-15(3-2-4-16(27)24-26)17(28)25-10-9-19(30,12-25)20(21,22)23/h5-8,15,30H,2-4,9-12H2,1H3/t15-,19-/m0/s1. The van der Waals surface area contributed by atoms with Gasteiger partial charge >= 0.3 is 11.9 Å². The number of aliphatic hydroxyl groups is 1. The third-order valence-electron chi connectivity index (χ3n) is 5.96. The molecule has 1 saturated heterocycles. The molecule has 1 aromatic heterocycles. The highest BCUT2D eigenvalue weighted by Gasteiger charge is 2.58. The number of carbonyl (C=O) groups excluding carboxylic acids is 1. The van der Waals surface area contributed by atoms with E-state index in [1.165, 1.54) is 9.25 Å². The number of β-amino-alcohol motifs (C(OH)–C–C–N with tert-alkyl or cyclic N) is 1. The van der Waals surface area contributed by atoms with E-state index in [1.807, 2.05) is 31.2 Å². The molecule has 0 radical (unpaired) electrons. The van der Waals surface area contributed by atoms with E-state index in [1.54, 1.807) is 0 Å². The highest BCUT2D eigenvalue weighted by atomic mass is 19.4. The Labute approximate surface area is 170 Å². The van der Waals surface area contributed by atoms with Crippen molar-refractivity contribution in [2.45, 2.75) is 57.0 Å². The predicted octanol–water partition coefficient (Wildman–Crippen LogP) is 1.80. The van der Waals surface area contributed by atoms with E-state index in [0.717, 1.165) is 16.0 Å². The Hall–Kier alpha value is -2.62. The van der Waals surface area contributed by atoms with Crippen molar-refractivity contribution in [1.82, 2.24) is 19.2 Å². The fourth-order valence-corrected chi connectivity index (χ4v) is 4.16. The number of amides is 1. The van der Waals surface area contributed by atoms with Gasteiger partial charge in [-0.3, -0.25) is 9.36 Å². The van der Waals surface area contributed by atoms with Gasteiger partial charge in [-0.25, -0.2) is 9.48 Å². The van der Waals surface area contributed by atoms with E-state index in [9.17, 15) is 27.9 Å². The second-order valence-electron chi connectivity index (χ2n) is 8.16. The number of halogens is 3. The van der Waals surface area contributed by atoms with Crippen molar-refractivity contribution in [1.29, 1.82) is 0 Å². The lowest BCUT2D eigenvalue weighted by Gasteiger charge is -2.29. The number of aromatic nitrogens is 3. The second-order valence-corrected chi connectivity index (χ2v) is 8.16. The van der Waals surface area contributed by atoms with Gasteiger partial charge in [0.15, 0.2) is 5.60 Å². The average molecular weight is 424 g/mol. The van der Waals surface area contributed by atoms with Gasteiger partial charge in [-0.15, -0.1) is 0 Å². The van der Waals surface area contributed by atoms with Gasteiger partial charge in [-0.1, -0.05) is 29.8 Å². The molecular weight excluding hydrogens is 401 g/mol. The molecule has 2 atom stereocenters. The molecule has 30 heavy (non-hydrogen) atoms. The van der Waals surface area contributed by atoms with Gasteiger partial charge in [-0.05, 0) is 25.3 Å². The molecule has 1 aromatic carbocycles. The fourth-order valence-electron chi connectivity index (χ4n) is 4.16. The van der Waals surface area contributed by atoms with Crippen molar-refractivity contribution in [2.24, 2.45) is 0 Å². The molecule has 2 aliphatic heterocycles. The third kappa shape index (κ3) is 3.53. The molecule has 4 rings (SSSR count). The minimum absolute atomic E-state index is 0.201. The maximum atomic E-state index is 13.1. The zero-order valence-electron chi connectivity index (χ0n) is 16.5. The first-order chi connectivity index (χ1) is 14.1. The Kier molecular flexibility index (Phi) is 5.00. The summed E-state index contributed by atoms with van der Waals surface area (Å²) in [6.45, 7) is 1.19. The normalized spacial score (nSPS) is 24.2. The zero-order valence-corrected chi connectivity index (χ0v) is 16.5. The molecular formula is C20H23F3N4O3. The van der Waals surface area contributed by atoms with E-state index >= 15 is 0 Å². The average Bonchev–Trinajstić information content (AvgIpc) is 3.25. The van der Waals surface area contributed by atoms with Crippen LogP contribution in [-0.2, 0) is 17.8 Å². The lowest BCUT2D eigenvalue weighted by atomic mass is 10.0. The van der Waals surface area contributed by atoms with Crippen LogP contribution in [0.25, 0.3) is 0 Å². The molecule has 0 aliphatic carbocycles. The minimum atomic E-state index is -4.81. The Morgan fingerprint density at radius 1 is 1.30 bits per heavy atom. The Morgan fingerprint density at radius 3 is 2.63 bits per heavy atom. The number of hydrogen-bond acceptors (Lipinski definition) is 4. The van der Waals surface area contributed by atoms with Gasteiger partial charge in [0.05, 0.1) is 13.1 Å². The van der Waals surface area contributed by atoms with Crippen molar-refractivity contribution in [3.8, 4) is 0 Å². The van der Waals surface area contributed by atoms with Crippen molar-refractivity contribution in [3.05, 3.63) is 51.7 Å². The number of alkyl halides is 3. The van der Waals surface area contributed by atoms with Crippen molar-refractivity contribution in [2.75, 3.05) is 13.1 Å². The predicted molar refractivity (Wildman–Crippen MR) is 101 cm³/mol. The number of hydrogen-bond donors (Lipinski definition) is 1. The molecule has 1 N–H and O–H groups in total. The molecule has 0 spiro atoms. The minimum Gasteiger partial charge on any atom is -0.379 e. The van der Waals surface area contributed by atoms with Crippen LogP contribution in [0.5, 0.6) is 0 Å². The van der Waals surface area contributed by atoms with E-state index in [4.69, 9.17) is 0 Å². The maximum absolute atomic E-state index is 13.1. The van der Waals surface area contributed by atoms with Gasteiger partial charge in [0, 0.05) is 19.4 Å². The van der Waals surface area contributed by atoms with Crippen LogP contribution in [-0.4, -0.2) is 55.1 Å². The van der Waals surface area contributed by atoms with Gasteiger partial charge in [0.1, 0.15) is 11.9 Å². The smallest absolute Gasteiger partial charge is 0.379 e. The number of aryl methyl sites for hydroxylation is 2. The monoisotopic (exact) mass is 424 g/mol. The third-order valence-corrected chi connectivity index (χ3v) is 5.96. The molecule has 7 nitrogen and oxygen atoms in total. The first kappa shape index (κ1) is 20.6. The summed E-state index contributed by atoms with van der Waals surface area (Å²) in [5, 5.41) is 14.2. The van der Waals surface area contributed by atoms with E-state index in [2.05, 4.69) is 5.10 Å². The van der Waals surface area contributed by atoms with Crippen LogP contribution in [0.2, 0.25) is 0 Å². The number of carbonyl (C=O) groups is 1. The van der Waals surface area contributed by atoms with Crippen molar-refractivity contribution < 1.29 is 23.1 Å². The Bertz CT molecular complexity index is 1010. The summed E-state index contributed by atoms with van der Waals surface area (Å²) in [7, 11) is 0. The summed E-state index contributed by atoms with van der Waals surface area (Å²) in [6, 6.07) is 6.75. The van der Waals surface area contributed by atoms with Crippen LogP contribution in [0.15, 0.2) is 29.1 Å². The molecule has 0 saturated carbocycles. The van der Waals surface area contributed by atoms with Crippen LogP contribution in [0.1, 0.15) is 42.3 Å². The summed E-state index contributed by atoms with van der Waals surface area (Å²) in [4.78, 5) is 27.0. The Morgan fingerprint density at radius 2 is 2.00 bits per heavy atom. The van der Waals surface area contributed by atoms with Crippen molar-refractivity contribution >= 4 is 5.91 Å². The summed E-state index contributed by atoms with van der Waals surface area (Å²) < 4.78 is 41.9. The summed E-state index contributed by atoms with van der Waals surface area (Å²) in [6.07, 6.45) is -3.90. The van der Waals surface area contributed by atoms with Crippen molar-refractivity contribution in [3.63, 3.8) is 0 Å². The lowest BCUT2D eigenvalue weighted by molar-refractivity contribution is -0.253. The molecule has 162 valence electrons. The number of nitrogens with zero attached hydrogens (tertiary/aromatic N) is 4. The number of rotatable bonds is 3. The van der Waals surface area contributed by atoms with Crippen LogP contribution in [0, 0.1) is 6.92 Å². The summed E-state index contributed by atoms with van der Waals surface area (Å²) >= 11 is 0. The highest BCUT2D eigenvalue weighted by Crippen LogP contribution is 2.38. The van der Waals surface area contributed by atoms with Crippen LogP contribution >= 0.6 is 0 Å². The molecule has 1 fully saturated rings. The second kappa shape index (κ2) is 7.26. The van der Waals surface area contributed by atoms with Gasteiger partial charge < -0.3 is 10.0 Å². The summed E-state index contributed by atoms with van der Waals surface area (Å²) in [5.41, 5.74) is -1.38. The molecule has 0 bridgehead atoms. The molecule has 2 aromatic rings. The molecule has 1 amide bonds. The number of benzene rings is 1. The zero-order chi connectivity index (χ0) is 21.7. The van der Waals surface area contributed by atoms with Crippen LogP contribution in [0.4, 0.5) is 13.2 Å². The molecule has 0 unspecified atom stereocenters. The van der Waals surface area contributed by atoms with Gasteiger partial charge in [0.25, 0.3) is 0 Å². The molecule has 10 heteroatoms. The lowest BCUT2D eigenvalue weighted by Crippen LogP contribution is -2.49. The van der Waals surface area contributed by atoms with Crippen LogP contribution < -0.4 is 5.69 Å². The fraction of sp³-hybridized carbons (Fsp3) is 0.550. The number of fused-ring (bicyclic) bond motifs is 1. The van der Waals surface area contributed by atoms with Gasteiger partial charge in [-0.2, -0.15) is 18.3 Å². The van der Waals surface area contributed by atoms with Crippen LogP contribution in [0.3, 0.4) is 0 Å². The quantitative estimate of drug-likeness (QED) is 0.815. The molecule has 2 aliphatic rings. The maximum Gasteiger partial charge on any atom is 0.419 e. The van der Waals surface area contributed by atoms with E-state index in [-0.39, 0.29) is 13.1 Å².